The number of aryl methyl sites for hydroxylation is 2. The predicted molar refractivity (Wildman–Crippen MR) is 63.3 cm³/mol. The van der Waals surface area contributed by atoms with E-state index < -0.39 is 0 Å². The van der Waals surface area contributed by atoms with E-state index in [4.69, 9.17) is 0 Å². The second-order valence-electron chi connectivity index (χ2n) is 4.06. The van der Waals surface area contributed by atoms with Crippen LogP contribution in [0.5, 0.6) is 0 Å². The molecule has 5 nitrogen and oxygen atoms in total. The van der Waals surface area contributed by atoms with Crippen LogP contribution in [-0.4, -0.2) is 28.5 Å². The van der Waals surface area contributed by atoms with Gasteiger partial charge in [0.1, 0.15) is 0 Å². The number of hydrogen-bond donors (Lipinski definition) is 2. The highest BCUT2D eigenvalue weighted by Crippen LogP contribution is 2.03. The average molecular weight is 222 g/mol. The number of nitrogens with zero attached hydrogens (tertiary/aromatic N) is 2. The van der Waals surface area contributed by atoms with Crippen LogP contribution in [0.15, 0.2) is 6.07 Å². The molecule has 0 saturated heterocycles. The number of aromatic nitrogens is 2. The van der Waals surface area contributed by atoms with Crippen LogP contribution in [0.25, 0.3) is 0 Å². The first-order chi connectivity index (χ1) is 7.47. The quantitative estimate of drug-likeness (QED) is 0.798. The van der Waals surface area contributed by atoms with Crippen molar-refractivity contribution in [2.75, 3.05) is 11.9 Å². The van der Waals surface area contributed by atoms with Crippen molar-refractivity contribution in [2.45, 2.75) is 33.7 Å². The summed E-state index contributed by atoms with van der Waals surface area (Å²) < 4.78 is 0. The second kappa shape index (κ2) is 5.55. The minimum Gasteiger partial charge on any atom is -0.306 e. The summed E-state index contributed by atoms with van der Waals surface area (Å²) in [6, 6.07) is 2.15. The zero-order chi connectivity index (χ0) is 12.1. The molecule has 0 radical (unpaired) electrons. The van der Waals surface area contributed by atoms with Gasteiger partial charge in [-0.25, -0.2) is 9.97 Å². The summed E-state index contributed by atoms with van der Waals surface area (Å²) in [4.78, 5) is 19.7. The van der Waals surface area contributed by atoms with Gasteiger partial charge in [0.15, 0.2) is 0 Å². The summed E-state index contributed by atoms with van der Waals surface area (Å²) in [6.45, 7) is 7.99. The van der Waals surface area contributed by atoms with Crippen molar-refractivity contribution in [3.05, 3.63) is 17.5 Å². The molecule has 88 valence electrons. The second-order valence-corrected chi connectivity index (χ2v) is 4.06. The summed E-state index contributed by atoms with van der Waals surface area (Å²) in [7, 11) is 0. The largest absolute Gasteiger partial charge is 0.306 e. The van der Waals surface area contributed by atoms with Gasteiger partial charge in [0.2, 0.25) is 11.9 Å². The molecule has 0 saturated carbocycles. The number of nitrogens with one attached hydrogen (secondary N) is 2. The Balaban J connectivity index is 2.56. The van der Waals surface area contributed by atoms with Crippen LogP contribution in [0, 0.1) is 13.8 Å². The highest BCUT2D eigenvalue weighted by molar-refractivity contribution is 5.90. The Morgan fingerprint density at radius 2 is 1.88 bits per heavy atom. The summed E-state index contributed by atoms with van der Waals surface area (Å²) in [6.07, 6.45) is 0. The van der Waals surface area contributed by atoms with Gasteiger partial charge in [-0.3, -0.25) is 10.1 Å². The molecular formula is C11H18N4O. The van der Waals surface area contributed by atoms with Gasteiger partial charge in [-0.1, -0.05) is 13.8 Å². The van der Waals surface area contributed by atoms with E-state index in [1.165, 1.54) is 0 Å². The zero-order valence-corrected chi connectivity index (χ0v) is 10.2. The van der Waals surface area contributed by atoms with Crippen LogP contribution in [0.1, 0.15) is 25.2 Å². The average Bonchev–Trinajstić information content (AvgIpc) is 2.12. The van der Waals surface area contributed by atoms with Crippen LogP contribution in [0.2, 0.25) is 0 Å². The maximum atomic E-state index is 11.5. The molecule has 0 aromatic carbocycles. The lowest BCUT2D eigenvalue weighted by molar-refractivity contribution is -0.115. The third-order valence-corrected chi connectivity index (χ3v) is 1.90. The normalized spacial score (nSPS) is 10.6. The zero-order valence-electron chi connectivity index (χ0n) is 10.2. The molecule has 5 heteroatoms. The first-order valence-corrected chi connectivity index (χ1v) is 5.33. The smallest absolute Gasteiger partial charge is 0.240 e. The molecule has 1 heterocycles. The molecule has 0 aliphatic carbocycles. The van der Waals surface area contributed by atoms with Gasteiger partial charge in [-0.15, -0.1) is 0 Å². The third kappa shape index (κ3) is 4.35. The van der Waals surface area contributed by atoms with Crippen molar-refractivity contribution in [3.8, 4) is 0 Å². The monoisotopic (exact) mass is 222 g/mol. The maximum Gasteiger partial charge on any atom is 0.240 e. The first-order valence-electron chi connectivity index (χ1n) is 5.33. The molecular weight excluding hydrogens is 204 g/mol. The lowest BCUT2D eigenvalue weighted by Gasteiger charge is -2.08. The Morgan fingerprint density at radius 1 is 1.31 bits per heavy atom. The molecule has 0 atom stereocenters. The highest BCUT2D eigenvalue weighted by Gasteiger charge is 2.05. The summed E-state index contributed by atoms with van der Waals surface area (Å²) in [5.74, 6) is 0.242. The van der Waals surface area contributed by atoms with E-state index >= 15 is 0 Å². The summed E-state index contributed by atoms with van der Waals surface area (Å²) >= 11 is 0. The Morgan fingerprint density at radius 3 is 2.38 bits per heavy atom. The van der Waals surface area contributed by atoms with Gasteiger partial charge in [-0.2, -0.15) is 0 Å². The molecule has 0 aliphatic heterocycles. The van der Waals surface area contributed by atoms with Crippen molar-refractivity contribution >= 4 is 11.9 Å². The number of amides is 1. The van der Waals surface area contributed by atoms with Crippen molar-refractivity contribution in [3.63, 3.8) is 0 Å². The van der Waals surface area contributed by atoms with E-state index in [0.717, 1.165) is 11.4 Å². The number of hydrogen-bond acceptors (Lipinski definition) is 4. The van der Waals surface area contributed by atoms with Gasteiger partial charge in [0, 0.05) is 17.4 Å². The van der Waals surface area contributed by atoms with Crippen LogP contribution in [-0.2, 0) is 4.79 Å². The fourth-order valence-electron chi connectivity index (χ4n) is 1.25. The highest BCUT2D eigenvalue weighted by atomic mass is 16.2. The molecule has 16 heavy (non-hydrogen) atoms. The molecule has 1 rings (SSSR count). The topological polar surface area (TPSA) is 66.9 Å². The minimum absolute atomic E-state index is 0.126. The Kier molecular flexibility index (Phi) is 4.37. The van der Waals surface area contributed by atoms with E-state index in [1.807, 2.05) is 33.8 Å². The number of carbonyl (C=O) groups excluding carboxylic acids is 1. The minimum atomic E-state index is -0.126. The lowest BCUT2D eigenvalue weighted by Crippen LogP contribution is -2.33. The number of rotatable bonds is 4. The van der Waals surface area contributed by atoms with Crippen LogP contribution < -0.4 is 10.6 Å². The van der Waals surface area contributed by atoms with Gasteiger partial charge < -0.3 is 5.32 Å². The summed E-state index contributed by atoms with van der Waals surface area (Å²) in [5, 5.41) is 5.68. The van der Waals surface area contributed by atoms with Gasteiger partial charge in [-0.05, 0) is 19.9 Å². The van der Waals surface area contributed by atoms with E-state index in [1.54, 1.807) is 0 Å². The predicted octanol–water partition coefficient (Wildman–Crippen LogP) is 1.03. The molecule has 0 spiro atoms. The number of anilines is 1. The third-order valence-electron chi connectivity index (χ3n) is 1.90. The first kappa shape index (κ1) is 12.6. The lowest BCUT2D eigenvalue weighted by atomic mass is 10.3. The Labute approximate surface area is 95.7 Å². The van der Waals surface area contributed by atoms with Gasteiger partial charge >= 0.3 is 0 Å². The van der Waals surface area contributed by atoms with Crippen molar-refractivity contribution in [2.24, 2.45) is 0 Å². The SMILES string of the molecule is Cc1cc(C)nc(NC(=O)CNC(C)C)n1. The Bertz CT molecular complexity index is 356. The van der Waals surface area contributed by atoms with Crippen LogP contribution >= 0.6 is 0 Å². The molecule has 2 N–H and O–H groups in total. The molecule has 1 aromatic rings. The molecule has 0 aliphatic rings. The van der Waals surface area contributed by atoms with E-state index in [0.29, 0.717) is 5.95 Å². The van der Waals surface area contributed by atoms with Crippen LogP contribution in [0.4, 0.5) is 5.95 Å². The van der Waals surface area contributed by atoms with E-state index in [-0.39, 0.29) is 18.5 Å². The number of carbonyl (C=O) groups is 1. The van der Waals surface area contributed by atoms with E-state index in [2.05, 4.69) is 20.6 Å². The van der Waals surface area contributed by atoms with Crippen molar-refractivity contribution in [1.82, 2.24) is 15.3 Å². The summed E-state index contributed by atoms with van der Waals surface area (Å²) in [5.41, 5.74) is 1.69. The van der Waals surface area contributed by atoms with Crippen molar-refractivity contribution in [1.29, 1.82) is 0 Å². The van der Waals surface area contributed by atoms with Gasteiger partial charge in [0.25, 0.3) is 0 Å². The fourth-order valence-corrected chi connectivity index (χ4v) is 1.25. The Hall–Kier alpha value is -1.49. The van der Waals surface area contributed by atoms with Crippen molar-refractivity contribution < 1.29 is 4.79 Å². The van der Waals surface area contributed by atoms with Gasteiger partial charge in [0.05, 0.1) is 6.54 Å². The molecule has 0 bridgehead atoms. The fraction of sp³-hybridized carbons (Fsp3) is 0.545. The standard InChI is InChI=1S/C11H18N4O/c1-7(2)12-6-10(16)15-11-13-8(3)5-9(4)14-11/h5,7,12H,6H2,1-4H3,(H,13,14,15,16). The molecule has 1 aromatic heterocycles. The molecule has 1 amide bonds. The molecule has 0 unspecified atom stereocenters. The van der Waals surface area contributed by atoms with E-state index in [9.17, 15) is 4.79 Å². The molecule has 0 fully saturated rings. The van der Waals surface area contributed by atoms with Crippen LogP contribution in [0.3, 0.4) is 0 Å². The maximum absolute atomic E-state index is 11.5.